The van der Waals surface area contributed by atoms with E-state index in [-0.39, 0.29) is 5.91 Å². The summed E-state index contributed by atoms with van der Waals surface area (Å²) in [5, 5.41) is 0. The van der Waals surface area contributed by atoms with E-state index < -0.39 is 0 Å². The lowest BCUT2D eigenvalue weighted by Gasteiger charge is -2.22. The molecule has 1 aromatic carbocycles. The van der Waals surface area contributed by atoms with Gasteiger partial charge in [-0.25, -0.2) is 0 Å². The maximum absolute atomic E-state index is 11.0. The molecule has 2 N–H and O–H groups in total. The Hall–Kier alpha value is -1.31. The van der Waals surface area contributed by atoms with Gasteiger partial charge in [0, 0.05) is 5.56 Å². The van der Waals surface area contributed by atoms with E-state index in [9.17, 15) is 4.79 Å². The summed E-state index contributed by atoms with van der Waals surface area (Å²) in [5.74, 6) is 0.239. The second-order valence-electron chi connectivity index (χ2n) is 4.07. The largest absolute Gasteiger partial charge is 0.366 e. The Balaban J connectivity index is 2.45. The number of carbonyl (C=O) groups excluding carboxylic acids is 1. The molecule has 1 aliphatic rings. The lowest BCUT2D eigenvalue weighted by atomic mass is 9.83. The summed E-state index contributed by atoms with van der Waals surface area (Å²) < 4.78 is 0. The van der Waals surface area contributed by atoms with Gasteiger partial charge in [-0.15, -0.1) is 0 Å². The number of hydrogen-bond acceptors (Lipinski definition) is 1. The monoisotopic (exact) mass is 189 g/mol. The van der Waals surface area contributed by atoms with Gasteiger partial charge in [0.25, 0.3) is 0 Å². The zero-order valence-corrected chi connectivity index (χ0v) is 8.42. The number of rotatable bonds is 1. The van der Waals surface area contributed by atoms with Crippen LogP contribution < -0.4 is 5.73 Å². The fourth-order valence-corrected chi connectivity index (χ4v) is 2.19. The third-order valence-corrected chi connectivity index (χ3v) is 3.04. The molecule has 0 fully saturated rings. The van der Waals surface area contributed by atoms with E-state index in [2.05, 4.69) is 6.92 Å². The van der Waals surface area contributed by atoms with Gasteiger partial charge in [-0.2, -0.15) is 0 Å². The van der Waals surface area contributed by atoms with Crippen LogP contribution in [0.3, 0.4) is 0 Å². The zero-order chi connectivity index (χ0) is 10.1. The maximum Gasteiger partial charge on any atom is 0.248 e. The summed E-state index contributed by atoms with van der Waals surface area (Å²) in [5.41, 5.74) is 8.59. The summed E-state index contributed by atoms with van der Waals surface area (Å²) in [7, 11) is 0. The number of hydrogen-bond donors (Lipinski definition) is 1. The Morgan fingerprint density at radius 3 is 3.00 bits per heavy atom. The lowest BCUT2D eigenvalue weighted by Crippen LogP contribution is -2.14. The summed E-state index contributed by atoms with van der Waals surface area (Å²) >= 11 is 0. The minimum Gasteiger partial charge on any atom is -0.366 e. The molecule has 1 amide bonds. The Morgan fingerprint density at radius 1 is 1.50 bits per heavy atom. The number of aryl methyl sites for hydroxylation is 1. The van der Waals surface area contributed by atoms with Crippen molar-refractivity contribution >= 4 is 5.91 Å². The summed E-state index contributed by atoms with van der Waals surface area (Å²) in [6.45, 7) is 2.21. The summed E-state index contributed by atoms with van der Waals surface area (Å²) in [6, 6.07) is 5.84. The predicted octanol–water partition coefficient (Wildman–Crippen LogP) is 2.23. The van der Waals surface area contributed by atoms with Crippen molar-refractivity contribution < 1.29 is 4.79 Å². The van der Waals surface area contributed by atoms with Crippen molar-refractivity contribution in [2.45, 2.75) is 32.1 Å². The van der Waals surface area contributed by atoms with Crippen LogP contribution in [0, 0.1) is 0 Å². The molecular formula is C12H15NO. The highest BCUT2D eigenvalue weighted by Gasteiger charge is 2.17. The highest BCUT2D eigenvalue weighted by Crippen LogP contribution is 2.31. The van der Waals surface area contributed by atoms with Crippen LogP contribution in [0.5, 0.6) is 0 Å². The van der Waals surface area contributed by atoms with Crippen molar-refractivity contribution in [3.8, 4) is 0 Å². The number of carbonyl (C=O) groups is 1. The van der Waals surface area contributed by atoms with Crippen LogP contribution in [0.15, 0.2) is 18.2 Å². The van der Waals surface area contributed by atoms with E-state index in [1.165, 1.54) is 24.0 Å². The fourth-order valence-electron chi connectivity index (χ4n) is 2.19. The lowest BCUT2D eigenvalue weighted by molar-refractivity contribution is 0.1000. The molecule has 14 heavy (non-hydrogen) atoms. The van der Waals surface area contributed by atoms with E-state index in [1.54, 1.807) is 0 Å². The van der Waals surface area contributed by atoms with Crippen LogP contribution in [0.1, 0.15) is 47.2 Å². The second-order valence-corrected chi connectivity index (χ2v) is 4.07. The molecule has 0 saturated carbocycles. The SMILES string of the molecule is CC1CCCc2ccc(C(N)=O)cc21. The van der Waals surface area contributed by atoms with Crippen molar-refractivity contribution in [3.05, 3.63) is 34.9 Å². The summed E-state index contributed by atoms with van der Waals surface area (Å²) in [6.07, 6.45) is 3.61. The molecule has 0 bridgehead atoms. The van der Waals surface area contributed by atoms with Gasteiger partial charge in [0.1, 0.15) is 0 Å². The number of nitrogens with two attached hydrogens (primary N) is 1. The van der Waals surface area contributed by atoms with E-state index >= 15 is 0 Å². The number of amides is 1. The fraction of sp³-hybridized carbons (Fsp3) is 0.417. The molecule has 0 radical (unpaired) electrons. The third-order valence-electron chi connectivity index (χ3n) is 3.04. The van der Waals surface area contributed by atoms with Gasteiger partial charge in [0.15, 0.2) is 0 Å². The molecule has 0 aliphatic heterocycles. The molecule has 0 aromatic heterocycles. The predicted molar refractivity (Wildman–Crippen MR) is 56.3 cm³/mol. The van der Waals surface area contributed by atoms with Crippen LogP contribution >= 0.6 is 0 Å². The molecule has 0 spiro atoms. The van der Waals surface area contributed by atoms with Gasteiger partial charge < -0.3 is 5.73 Å². The highest BCUT2D eigenvalue weighted by atomic mass is 16.1. The number of primary amides is 1. The first-order valence-electron chi connectivity index (χ1n) is 5.11. The minimum absolute atomic E-state index is 0.328. The van der Waals surface area contributed by atoms with Crippen molar-refractivity contribution in [1.29, 1.82) is 0 Å². The smallest absolute Gasteiger partial charge is 0.248 e. The maximum atomic E-state index is 11.0. The zero-order valence-electron chi connectivity index (χ0n) is 8.42. The number of fused-ring (bicyclic) bond motifs is 1. The molecule has 1 unspecified atom stereocenters. The van der Waals surface area contributed by atoms with Crippen molar-refractivity contribution in [1.82, 2.24) is 0 Å². The Kier molecular flexibility index (Phi) is 2.28. The molecule has 1 aliphatic carbocycles. The van der Waals surface area contributed by atoms with Gasteiger partial charge in [-0.1, -0.05) is 13.0 Å². The molecule has 74 valence electrons. The highest BCUT2D eigenvalue weighted by molar-refractivity contribution is 5.93. The Bertz CT molecular complexity index is 371. The van der Waals surface area contributed by atoms with E-state index in [0.717, 1.165) is 6.42 Å². The first-order valence-corrected chi connectivity index (χ1v) is 5.11. The molecule has 2 nitrogen and oxygen atoms in total. The minimum atomic E-state index is -0.328. The van der Waals surface area contributed by atoms with Crippen molar-refractivity contribution in [3.63, 3.8) is 0 Å². The van der Waals surface area contributed by atoms with E-state index in [1.807, 2.05) is 18.2 Å². The first kappa shape index (κ1) is 9.25. The van der Waals surface area contributed by atoms with Gasteiger partial charge in [-0.3, -0.25) is 4.79 Å². The Labute approximate surface area is 84.1 Å². The Morgan fingerprint density at radius 2 is 2.29 bits per heavy atom. The van der Waals surface area contributed by atoms with Crippen LogP contribution in [-0.2, 0) is 6.42 Å². The summed E-state index contributed by atoms with van der Waals surface area (Å²) in [4.78, 5) is 11.0. The standard InChI is InChI=1S/C12H15NO/c1-8-3-2-4-9-5-6-10(12(13)14)7-11(8)9/h5-8H,2-4H2,1H3,(H2,13,14). The van der Waals surface area contributed by atoms with Crippen LogP contribution in [-0.4, -0.2) is 5.91 Å². The van der Waals surface area contributed by atoms with E-state index in [4.69, 9.17) is 5.73 Å². The molecular weight excluding hydrogens is 174 g/mol. The molecule has 1 atom stereocenters. The quantitative estimate of drug-likeness (QED) is 0.723. The topological polar surface area (TPSA) is 43.1 Å². The molecule has 2 heteroatoms. The molecule has 2 rings (SSSR count). The van der Waals surface area contributed by atoms with E-state index in [0.29, 0.717) is 11.5 Å². The average molecular weight is 189 g/mol. The van der Waals surface area contributed by atoms with Gasteiger partial charge in [0.05, 0.1) is 0 Å². The van der Waals surface area contributed by atoms with Crippen LogP contribution in [0.2, 0.25) is 0 Å². The number of benzene rings is 1. The van der Waals surface area contributed by atoms with Gasteiger partial charge >= 0.3 is 0 Å². The molecule has 0 saturated heterocycles. The third kappa shape index (κ3) is 1.52. The second kappa shape index (κ2) is 3.45. The average Bonchev–Trinajstić information content (AvgIpc) is 2.18. The van der Waals surface area contributed by atoms with Crippen LogP contribution in [0.25, 0.3) is 0 Å². The van der Waals surface area contributed by atoms with Crippen LogP contribution in [0.4, 0.5) is 0 Å². The van der Waals surface area contributed by atoms with Crippen molar-refractivity contribution in [2.75, 3.05) is 0 Å². The first-order chi connectivity index (χ1) is 6.68. The van der Waals surface area contributed by atoms with Gasteiger partial charge in [-0.05, 0) is 48.4 Å². The van der Waals surface area contributed by atoms with Gasteiger partial charge in [0.2, 0.25) is 5.91 Å². The molecule has 0 heterocycles. The normalized spacial score (nSPS) is 20.2. The van der Waals surface area contributed by atoms with Crippen molar-refractivity contribution in [2.24, 2.45) is 5.73 Å². The molecule has 1 aromatic rings.